The maximum Gasteiger partial charge on any atom is 0.282 e. The van der Waals surface area contributed by atoms with Gasteiger partial charge in [-0.1, -0.05) is 42.8 Å². The van der Waals surface area contributed by atoms with Gasteiger partial charge >= 0.3 is 0 Å². The molecule has 0 spiro atoms. The number of hydrogen-bond acceptors (Lipinski definition) is 5. The summed E-state index contributed by atoms with van der Waals surface area (Å²) < 4.78 is 10.7. The highest BCUT2D eigenvalue weighted by molar-refractivity contribution is 6.46. The normalized spacial score (nSPS) is 13.5. The molecular weight excluding hydrogens is 428 g/mol. The maximum absolute atomic E-state index is 13.7. The molecule has 6 nitrogen and oxygen atoms in total. The van der Waals surface area contributed by atoms with E-state index in [4.69, 9.17) is 9.47 Å². The summed E-state index contributed by atoms with van der Waals surface area (Å²) in [7, 11) is 3.12. The fourth-order valence-electron chi connectivity index (χ4n) is 4.13. The number of imide groups is 1. The highest BCUT2D eigenvalue weighted by atomic mass is 16.5. The molecule has 1 N–H and O–H groups in total. The van der Waals surface area contributed by atoms with Gasteiger partial charge in [0.05, 0.1) is 25.5 Å². The Labute approximate surface area is 199 Å². The van der Waals surface area contributed by atoms with Gasteiger partial charge in [-0.05, 0) is 49.1 Å². The summed E-state index contributed by atoms with van der Waals surface area (Å²) >= 11 is 0. The number of methoxy groups -OCH3 is 2. The van der Waals surface area contributed by atoms with E-state index in [2.05, 4.69) is 12.2 Å². The van der Waals surface area contributed by atoms with Gasteiger partial charge in [-0.25, -0.2) is 4.90 Å². The molecule has 0 atom stereocenters. The number of aryl methyl sites for hydroxylation is 3. The Balaban J connectivity index is 1.84. The number of nitrogens with zero attached hydrogens (tertiary/aromatic N) is 1. The molecule has 4 rings (SSSR count). The first kappa shape index (κ1) is 23.1. The van der Waals surface area contributed by atoms with Gasteiger partial charge in [-0.3, -0.25) is 9.59 Å². The van der Waals surface area contributed by atoms with Crippen molar-refractivity contribution in [2.45, 2.75) is 27.2 Å². The van der Waals surface area contributed by atoms with Crippen molar-refractivity contribution in [3.05, 3.63) is 88.6 Å². The lowest BCUT2D eigenvalue weighted by atomic mass is 9.97. The number of nitrogens with one attached hydrogen (secondary N) is 1. The van der Waals surface area contributed by atoms with Crippen LogP contribution < -0.4 is 19.7 Å². The Hall–Kier alpha value is -4.06. The molecular formula is C28H28N2O4. The van der Waals surface area contributed by atoms with E-state index < -0.39 is 5.91 Å². The first-order valence-electron chi connectivity index (χ1n) is 11.2. The molecule has 0 saturated heterocycles. The van der Waals surface area contributed by atoms with Gasteiger partial charge in [0.25, 0.3) is 11.8 Å². The summed E-state index contributed by atoms with van der Waals surface area (Å²) in [5.74, 6) is 0.364. The molecule has 3 aromatic rings. The van der Waals surface area contributed by atoms with Crippen molar-refractivity contribution in [2.24, 2.45) is 0 Å². The van der Waals surface area contributed by atoms with Crippen molar-refractivity contribution in [3.8, 4) is 11.5 Å². The zero-order valence-electron chi connectivity index (χ0n) is 20.1. The lowest BCUT2D eigenvalue weighted by Gasteiger charge is -2.16. The molecule has 1 aliphatic rings. The third kappa shape index (κ3) is 4.27. The third-order valence-corrected chi connectivity index (χ3v) is 5.96. The fourth-order valence-corrected chi connectivity index (χ4v) is 4.13. The van der Waals surface area contributed by atoms with Crippen LogP contribution in [-0.2, 0) is 16.0 Å². The average Bonchev–Trinajstić information content (AvgIpc) is 3.08. The van der Waals surface area contributed by atoms with E-state index in [9.17, 15) is 9.59 Å². The minimum atomic E-state index is -0.411. The van der Waals surface area contributed by atoms with Crippen LogP contribution in [0, 0.1) is 13.8 Å². The highest BCUT2D eigenvalue weighted by Gasteiger charge is 2.40. The molecule has 1 heterocycles. The average molecular weight is 457 g/mol. The van der Waals surface area contributed by atoms with Crippen LogP contribution in [0.15, 0.2) is 66.4 Å². The smallest absolute Gasteiger partial charge is 0.282 e. The minimum Gasteiger partial charge on any atom is -0.497 e. The number of amides is 2. The Morgan fingerprint density at radius 2 is 1.47 bits per heavy atom. The lowest BCUT2D eigenvalue weighted by molar-refractivity contribution is -0.120. The van der Waals surface area contributed by atoms with Crippen molar-refractivity contribution in [2.75, 3.05) is 24.4 Å². The number of anilines is 2. The molecule has 0 saturated carbocycles. The quantitative estimate of drug-likeness (QED) is 0.490. The largest absolute Gasteiger partial charge is 0.497 e. The van der Waals surface area contributed by atoms with E-state index in [0.29, 0.717) is 34.0 Å². The number of benzene rings is 3. The van der Waals surface area contributed by atoms with Gasteiger partial charge in [0.2, 0.25) is 0 Å². The second-order valence-corrected chi connectivity index (χ2v) is 8.26. The molecule has 0 bridgehead atoms. The van der Waals surface area contributed by atoms with Crippen LogP contribution in [0.25, 0.3) is 5.57 Å². The molecule has 0 aliphatic carbocycles. The van der Waals surface area contributed by atoms with Crippen molar-refractivity contribution in [1.82, 2.24) is 0 Å². The van der Waals surface area contributed by atoms with Crippen LogP contribution in [0.4, 0.5) is 11.4 Å². The van der Waals surface area contributed by atoms with Crippen LogP contribution in [0.2, 0.25) is 0 Å². The lowest BCUT2D eigenvalue weighted by Crippen LogP contribution is -2.32. The third-order valence-electron chi connectivity index (χ3n) is 5.96. The molecule has 3 aromatic carbocycles. The van der Waals surface area contributed by atoms with E-state index in [1.165, 1.54) is 4.90 Å². The van der Waals surface area contributed by atoms with E-state index in [-0.39, 0.29) is 11.6 Å². The molecule has 0 fully saturated rings. The zero-order chi connectivity index (χ0) is 24.4. The maximum atomic E-state index is 13.7. The topological polar surface area (TPSA) is 67.9 Å². The van der Waals surface area contributed by atoms with Gasteiger partial charge < -0.3 is 14.8 Å². The molecule has 0 unspecified atom stereocenters. The summed E-state index contributed by atoms with van der Waals surface area (Å²) in [5, 5.41) is 3.19. The first-order chi connectivity index (χ1) is 16.4. The van der Waals surface area contributed by atoms with Crippen LogP contribution in [0.3, 0.4) is 0 Å². The Morgan fingerprint density at radius 1 is 0.824 bits per heavy atom. The summed E-state index contributed by atoms with van der Waals surface area (Å²) in [5.41, 5.74) is 5.52. The number of ether oxygens (including phenoxy) is 2. The van der Waals surface area contributed by atoms with Gasteiger partial charge in [0.1, 0.15) is 17.2 Å². The highest BCUT2D eigenvalue weighted by Crippen LogP contribution is 2.36. The monoisotopic (exact) mass is 456 g/mol. The van der Waals surface area contributed by atoms with Gasteiger partial charge in [0.15, 0.2) is 0 Å². The van der Waals surface area contributed by atoms with Crippen LogP contribution >= 0.6 is 0 Å². The van der Waals surface area contributed by atoms with E-state index in [0.717, 1.165) is 23.1 Å². The van der Waals surface area contributed by atoms with Crippen LogP contribution in [0.5, 0.6) is 11.5 Å². The molecule has 6 heteroatoms. The molecule has 0 radical (unpaired) electrons. The summed E-state index contributed by atoms with van der Waals surface area (Å²) in [6.45, 7) is 6.00. The van der Waals surface area contributed by atoms with Crippen molar-refractivity contribution >= 4 is 28.8 Å². The number of rotatable bonds is 7. The summed E-state index contributed by atoms with van der Waals surface area (Å²) in [6.07, 6.45) is 0.874. The molecule has 1 aliphatic heterocycles. The number of carbonyl (C=O) groups is 2. The Morgan fingerprint density at radius 3 is 2.03 bits per heavy atom. The second-order valence-electron chi connectivity index (χ2n) is 8.26. The van der Waals surface area contributed by atoms with E-state index >= 15 is 0 Å². The van der Waals surface area contributed by atoms with Crippen molar-refractivity contribution < 1.29 is 19.1 Å². The number of hydrogen-bond donors (Lipinski definition) is 1. The second kappa shape index (κ2) is 9.43. The van der Waals surface area contributed by atoms with Gasteiger partial charge in [-0.2, -0.15) is 0 Å². The summed E-state index contributed by atoms with van der Waals surface area (Å²) in [6, 6.07) is 18.6. The van der Waals surface area contributed by atoms with Crippen molar-refractivity contribution in [3.63, 3.8) is 0 Å². The predicted octanol–water partition coefficient (Wildman–Crippen LogP) is 5.28. The number of carbonyl (C=O) groups excluding carboxylic acids is 2. The summed E-state index contributed by atoms with van der Waals surface area (Å²) in [4.78, 5) is 28.6. The first-order valence-corrected chi connectivity index (χ1v) is 11.2. The van der Waals surface area contributed by atoms with Crippen molar-refractivity contribution in [1.29, 1.82) is 0 Å². The van der Waals surface area contributed by atoms with Crippen LogP contribution in [0.1, 0.15) is 29.2 Å². The molecule has 0 aromatic heterocycles. The standard InChI is InChI=1S/C28H28N2O4/c1-6-19-8-10-21(11-9-19)30-27(31)25(24-12-7-17(2)13-18(24)3)26(28(30)32)29-20-14-22(33-4)16-23(15-20)34-5/h7-16,29H,6H2,1-5H3. The Bertz CT molecular complexity index is 1270. The molecule has 174 valence electrons. The van der Waals surface area contributed by atoms with Gasteiger partial charge in [-0.15, -0.1) is 0 Å². The zero-order valence-corrected chi connectivity index (χ0v) is 20.1. The van der Waals surface area contributed by atoms with Gasteiger partial charge in [0, 0.05) is 23.9 Å². The minimum absolute atomic E-state index is 0.215. The Kier molecular flexibility index (Phi) is 6.41. The predicted molar refractivity (Wildman–Crippen MR) is 134 cm³/mol. The van der Waals surface area contributed by atoms with E-state index in [1.54, 1.807) is 32.4 Å². The van der Waals surface area contributed by atoms with E-state index in [1.807, 2.05) is 56.3 Å². The van der Waals surface area contributed by atoms with Crippen LogP contribution in [-0.4, -0.2) is 26.0 Å². The molecule has 34 heavy (non-hydrogen) atoms. The SMILES string of the molecule is CCc1ccc(N2C(=O)C(Nc3cc(OC)cc(OC)c3)=C(c3ccc(C)cc3C)C2=O)cc1. The fraction of sp³-hybridized carbons (Fsp3) is 0.214. The molecule has 2 amide bonds.